The third-order valence-electron chi connectivity index (χ3n) is 3.50. The Hall–Kier alpha value is -0.780. The van der Waals surface area contributed by atoms with Crippen LogP contribution in [0.5, 0.6) is 0 Å². The first-order valence-electron chi connectivity index (χ1n) is 7.30. The zero-order valence-electron chi connectivity index (χ0n) is 13.0. The van der Waals surface area contributed by atoms with Crippen LogP contribution in [0.15, 0.2) is 15.9 Å². The van der Waals surface area contributed by atoms with E-state index in [9.17, 15) is 0 Å². The normalized spacial score (nSPS) is 12.6. The molecule has 2 heterocycles. The summed E-state index contributed by atoms with van der Waals surface area (Å²) in [6.45, 7) is 10.7. The molecule has 1 unspecified atom stereocenters. The molecular formula is C16H22BrN3S. The van der Waals surface area contributed by atoms with E-state index in [-0.39, 0.29) is 0 Å². The minimum atomic E-state index is 0.590. The summed E-state index contributed by atoms with van der Waals surface area (Å²) in [5.41, 5.74) is 3.50. The van der Waals surface area contributed by atoms with Gasteiger partial charge in [0.05, 0.1) is 4.88 Å². The molecule has 1 atom stereocenters. The van der Waals surface area contributed by atoms with Crippen molar-refractivity contribution in [3.63, 3.8) is 0 Å². The predicted octanol–water partition coefficient (Wildman–Crippen LogP) is 4.37. The lowest BCUT2D eigenvalue weighted by Crippen LogP contribution is -2.22. The Bertz CT molecular complexity index is 586. The van der Waals surface area contributed by atoms with Gasteiger partial charge in [0.1, 0.15) is 0 Å². The van der Waals surface area contributed by atoms with E-state index in [1.807, 2.05) is 0 Å². The van der Waals surface area contributed by atoms with E-state index in [2.05, 4.69) is 60.4 Å². The third kappa shape index (κ3) is 4.34. The maximum absolute atomic E-state index is 4.71. The van der Waals surface area contributed by atoms with Gasteiger partial charge in [0.15, 0.2) is 5.82 Å². The summed E-state index contributed by atoms with van der Waals surface area (Å²) in [6, 6.07) is 2.08. The van der Waals surface area contributed by atoms with E-state index in [4.69, 9.17) is 9.97 Å². The average molecular weight is 368 g/mol. The van der Waals surface area contributed by atoms with Crippen molar-refractivity contribution in [3.8, 4) is 10.7 Å². The van der Waals surface area contributed by atoms with Gasteiger partial charge in [0, 0.05) is 21.2 Å². The molecule has 0 aromatic carbocycles. The van der Waals surface area contributed by atoms with Gasteiger partial charge in [-0.05, 0) is 66.8 Å². The second kappa shape index (κ2) is 7.47. The molecule has 2 rings (SSSR count). The first-order valence-corrected chi connectivity index (χ1v) is 8.97. The highest BCUT2D eigenvalue weighted by Crippen LogP contribution is 2.28. The van der Waals surface area contributed by atoms with Crippen LogP contribution >= 0.6 is 27.3 Å². The van der Waals surface area contributed by atoms with Crippen LogP contribution < -0.4 is 5.32 Å². The van der Waals surface area contributed by atoms with Gasteiger partial charge in [0.2, 0.25) is 0 Å². The topological polar surface area (TPSA) is 37.8 Å². The fourth-order valence-electron chi connectivity index (χ4n) is 2.39. The number of rotatable bonds is 6. The fraction of sp³-hybridized carbons (Fsp3) is 0.500. The van der Waals surface area contributed by atoms with Crippen molar-refractivity contribution >= 4 is 27.3 Å². The number of aryl methyl sites for hydroxylation is 2. The maximum atomic E-state index is 4.71. The molecule has 0 aliphatic rings. The summed E-state index contributed by atoms with van der Waals surface area (Å²) < 4.78 is 1.09. The fourth-order valence-corrected chi connectivity index (χ4v) is 3.75. The van der Waals surface area contributed by atoms with Gasteiger partial charge in [-0.15, -0.1) is 11.3 Å². The Morgan fingerprint density at radius 3 is 2.48 bits per heavy atom. The lowest BCUT2D eigenvalue weighted by molar-refractivity contribution is 0.517. The van der Waals surface area contributed by atoms with Crippen molar-refractivity contribution in [3.05, 3.63) is 32.9 Å². The minimum absolute atomic E-state index is 0.590. The molecule has 21 heavy (non-hydrogen) atoms. The summed E-state index contributed by atoms with van der Waals surface area (Å²) in [4.78, 5) is 10.5. The minimum Gasteiger partial charge on any atom is -0.317 e. The molecule has 0 fully saturated rings. The molecule has 0 spiro atoms. The first kappa shape index (κ1) is 16.6. The molecule has 0 saturated carbocycles. The first-order chi connectivity index (χ1) is 10.0. The number of nitrogens with one attached hydrogen (secondary N) is 1. The third-order valence-corrected chi connectivity index (χ3v) is 5.19. The summed E-state index contributed by atoms with van der Waals surface area (Å²) in [5.74, 6) is 1.43. The van der Waals surface area contributed by atoms with Gasteiger partial charge in [0.25, 0.3) is 0 Å². The van der Waals surface area contributed by atoms with Crippen LogP contribution in [0, 0.1) is 19.8 Å². The van der Waals surface area contributed by atoms with E-state index in [1.165, 1.54) is 5.56 Å². The molecule has 0 radical (unpaired) electrons. The lowest BCUT2D eigenvalue weighted by atomic mass is 9.98. The largest absolute Gasteiger partial charge is 0.317 e. The van der Waals surface area contributed by atoms with Crippen molar-refractivity contribution in [1.29, 1.82) is 0 Å². The van der Waals surface area contributed by atoms with Crippen LogP contribution in [0.25, 0.3) is 10.7 Å². The highest BCUT2D eigenvalue weighted by atomic mass is 79.9. The van der Waals surface area contributed by atoms with Crippen molar-refractivity contribution in [2.75, 3.05) is 13.1 Å². The molecule has 3 nitrogen and oxygen atoms in total. The van der Waals surface area contributed by atoms with Crippen LogP contribution in [0.3, 0.4) is 0 Å². The lowest BCUT2D eigenvalue weighted by Gasteiger charge is -2.15. The molecule has 2 aromatic heterocycles. The van der Waals surface area contributed by atoms with Crippen LogP contribution in [0.4, 0.5) is 0 Å². The summed E-state index contributed by atoms with van der Waals surface area (Å²) >= 11 is 5.15. The van der Waals surface area contributed by atoms with E-state index >= 15 is 0 Å². The van der Waals surface area contributed by atoms with Gasteiger partial charge in [-0.25, -0.2) is 9.97 Å². The number of hydrogen-bond acceptors (Lipinski definition) is 4. The zero-order valence-corrected chi connectivity index (χ0v) is 15.4. The Kier molecular flexibility index (Phi) is 5.90. The molecule has 0 aliphatic heterocycles. The average Bonchev–Trinajstić information content (AvgIpc) is 2.87. The number of nitrogens with zero attached hydrogens (tertiary/aromatic N) is 2. The van der Waals surface area contributed by atoms with Crippen LogP contribution in [-0.4, -0.2) is 23.1 Å². The molecule has 1 N–H and O–H groups in total. The molecular weight excluding hydrogens is 346 g/mol. The molecule has 2 aromatic rings. The van der Waals surface area contributed by atoms with Gasteiger partial charge < -0.3 is 5.32 Å². The number of hydrogen-bond donors (Lipinski definition) is 1. The number of thiophene rings is 1. The molecule has 114 valence electrons. The molecule has 5 heteroatoms. The summed E-state index contributed by atoms with van der Waals surface area (Å²) in [7, 11) is 0. The van der Waals surface area contributed by atoms with E-state index in [0.29, 0.717) is 5.92 Å². The molecule has 0 saturated heterocycles. The van der Waals surface area contributed by atoms with Crippen molar-refractivity contribution in [1.82, 2.24) is 15.3 Å². The van der Waals surface area contributed by atoms with Crippen LogP contribution in [-0.2, 0) is 6.42 Å². The van der Waals surface area contributed by atoms with Gasteiger partial charge in [-0.1, -0.05) is 13.8 Å². The van der Waals surface area contributed by atoms with E-state index in [0.717, 1.165) is 46.1 Å². The highest BCUT2D eigenvalue weighted by Gasteiger charge is 2.13. The maximum Gasteiger partial charge on any atom is 0.169 e. The Balaban J connectivity index is 2.21. The van der Waals surface area contributed by atoms with Gasteiger partial charge >= 0.3 is 0 Å². The van der Waals surface area contributed by atoms with Crippen molar-refractivity contribution in [2.45, 2.75) is 34.1 Å². The van der Waals surface area contributed by atoms with E-state index in [1.54, 1.807) is 11.3 Å². The summed E-state index contributed by atoms with van der Waals surface area (Å²) in [5, 5.41) is 5.47. The van der Waals surface area contributed by atoms with E-state index < -0.39 is 0 Å². The quantitative estimate of drug-likeness (QED) is 0.823. The highest BCUT2D eigenvalue weighted by molar-refractivity contribution is 9.10. The van der Waals surface area contributed by atoms with Crippen molar-refractivity contribution < 1.29 is 0 Å². The second-order valence-electron chi connectivity index (χ2n) is 5.44. The SMILES string of the molecule is CCNCC(C)Cc1c(C)nc(-c2cc(Br)cs2)nc1C. The van der Waals surface area contributed by atoms with Gasteiger partial charge in [-0.2, -0.15) is 0 Å². The molecule has 0 amide bonds. The van der Waals surface area contributed by atoms with Crippen LogP contribution in [0.2, 0.25) is 0 Å². The Morgan fingerprint density at radius 2 is 1.95 bits per heavy atom. The molecule has 0 aliphatic carbocycles. The second-order valence-corrected chi connectivity index (χ2v) is 7.27. The zero-order chi connectivity index (χ0) is 15.4. The predicted molar refractivity (Wildman–Crippen MR) is 93.9 cm³/mol. The Labute approximate surface area is 139 Å². The Morgan fingerprint density at radius 1 is 1.29 bits per heavy atom. The monoisotopic (exact) mass is 367 g/mol. The summed E-state index contributed by atoms with van der Waals surface area (Å²) in [6.07, 6.45) is 1.03. The van der Waals surface area contributed by atoms with Crippen LogP contribution in [0.1, 0.15) is 30.8 Å². The number of halogens is 1. The van der Waals surface area contributed by atoms with Gasteiger partial charge in [-0.3, -0.25) is 0 Å². The smallest absolute Gasteiger partial charge is 0.169 e. The number of aromatic nitrogens is 2. The standard InChI is InChI=1S/C16H22BrN3S/c1-5-18-8-10(2)6-14-11(3)19-16(20-12(14)4)15-7-13(17)9-21-15/h7,9-10,18H,5-6,8H2,1-4H3. The molecule has 0 bridgehead atoms. The van der Waals surface area contributed by atoms with Crippen molar-refractivity contribution in [2.24, 2.45) is 5.92 Å².